The zero-order valence-electron chi connectivity index (χ0n) is 12.3. The number of fused-ring (bicyclic) bond motifs is 3. The molecule has 0 radical (unpaired) electrons. The summed E-state index contributed by atoms with van der Waals surface area (Å²) >= 11 is 0. The fourth-order valence-electron chi connectivity index (χ4n) is 3.63. The van der Waals surface area contributed by atoms with Crippen LogP contribution in [0.25, 0.3) is 10.9 Å². The minimum absolute atomic E-state index is 0.898. The molecule has 1 aromatic carbocycles. The molecule has 0 aliphatic heterocycles. The highest BCUT2D eigenvalue weighted by Gasteiger charge is 2.20. The van der Waals surface area contributed by atoms with Crippen LogP contribution in [0.15, 0.2) is 18.2 Å². The second kappa shape index (κ2) is 5.40. The van der Waals surface area contributed by atoms with Crippen LogP contribution < -0.4 is 0 Å². The fourth-order valence-corrected chi connectivity index (χ4v) is 3.63. The van der Waals surface area contributed by atoms with Crippen molar-refractivity contribution in [3.05, 3.63) is 35.0 Å². The quantitative estimate of drug-likeness (QED) is 0.729. The van der Waals surface area contributed by atoms with Crippen molar-refractivity contribution in [1.29, 1.82) is 0 Å². The van der Waals surface area contributed by atoms with Crippen molar-refractivity contribution in [2.45, 2.75) is 58.8 Å². The van der Waals surface area contributed by atoms with E-state index in [2.05, 4.69) is 37.0 Å². The maximum atomic E-state index is 3.73. The van der Waals surface area contributed by atoms with Gasteiger partial charge in [-0.2, -0.15) is 0 Å². The van der Waals surface area contributed by atoms with Crippen molar-refractivity contribution in [1.82, 2.24) is 4.98 Å². The van der Waals surface area contributed by atoms with Gasteiger partial charge in [0, 0.05) is 16.6 Å². The number of aromatic nitrogens is 1. The number of aryl methyl sites for hydroxylation is 2. The van der Waals surface area contributed by atoms with Gasteiger partial charge in [0.25, 0.3) is 0 Å². The summed E-state index contributed by atoms with van der Waals surface area (Å²) in [7, 11) is 0. The molecule has 1 aromatic heterocycles. The molecule has 1 heteroatoms. The molecule has 102 valence electrons. The summed E-state index contributed by atoms with van der Waals surface area (Å²) in [5.41, 5.74) is 5.90. The highest BCUT2D eigenvalue weighted by atomic mass is 14.7. The molecule has 3 rings (SSSR count). The number of unbranched alkanes of at least 4 members (excludes halogenated alkanes) is 1. The van der Waals surface area contributed by atoms with E-state index in [9.17, 15) is 0 Å². The van der Waals surface area contributed by atoms with Crippen LogP contribution in [0.4, 0.5) is 0 Å². The van der Waals surface area contributed by atoms with Gasteiger partial charge in [-0.3, -0.25) is 0 Å². The lowest BCUT2D eigenvalue weighted by Crippen LogP contribution is -2.03. The van der Waals surface area contributed by atoms with E-state index in [0.717, 1.165) is 5.92 Å². The molecule has 0 saturated heterocycles. The smallest absolute Gasteiger partial charge is 0.0488 e. The van der Waals surface area contributed by atoms with E-state index < -0.39 is 0 Å². The molecule has 1 aliphatic rings. The lowest BCUT2D eigenvalue weighted by molar-refractivity contribution is 0.428. The van der Waals surface area contributed by atoms with Gasteiger partial charge in [0.1, 0.15) is 0 Å². The monoisotopic (exact) mass is 255 g/mol. The fraction of sp³-hybridized carbons (Fsp3) is 0.556. The van der Waals surface area contributed by atoms with Gasteiger partial charge in [0.2, 0.25) is 0 Å². The van der Waals surface area contributed by atoms with E-state index in [1.165, 1.54) is 67.1 Å². The Hall–Kier alpha value is -1.24. The second-order valence-corrected chi connectivity index (χ2v) is 6.18. The first-order chi connectivity index (χ1) is 9.29. The molecule has 1 heterocycles. The molecule has 2 aromatic rings. The summed E-state index contributed by atoms with van der Waals surface area (Å²) in [6, 6.07) is 6.71. The van der Waals surface area contributed by atoms with E-state index in [0.29, 0.717) is 0 Å². The van der Waals surface area contributed by atoms with E-state index in [-0.39, 0.29) is 0 Å². The average Bonchev–Trinajstić information content (AvgIpc) is 2.64. The molecule has 1 N–H and O–H groups in total. The standard InChI is InChI=1S/C18H25N/c1-3-4-8-14-9-6-10-15-16-11-5-7-13(2)18(16)19-17(15)12-14/h5,7,11,14,19H,3-4,6,8-10,12H2,1-2H3. The Labute approximate surface area is 116 Å². The first kappa shape index (κ1) is 12.8. The Balaban J connectivity index is 1.95. The average molecular weight is 255 g/mol. The number of hydrogen-bond acceptors (Lipinski definition) is 0. The van der Waals surface area contributed by atoms with Gasteiger partial charge in [-0.1, -0.05) is 44.4 Å². The number of benzene rings is 1. The number of H-pyrrole nitrogens is 1. The predicted octanol–water partition coefficient (Wildman–Crippen LogP) is 5.16. The third-order valence-electron chi connectivity index (χ3n) is 4.74. The summed E-state index contributed by atoms with van der Waals surface area (Å²) in [6.45, 7) is 4.52. The summed E-state index contributed by atoms with van der Waals surface area (Å²) in [6.07, 6.45) is 9.43. The molecule has 0 bridgehead atoms. The zero-order chi connectivity index (χ0) is 13.2. The summed E-state index contributed by atoms with van der Waals surface area (Å²) < 4.78 is 0. The Bertz CT molecular complexity index is 564. The summed E-state index contributed by atoms with van der Waals surface area (Å²) in [5, 5.41) is 1.48. The molecule has 0 amide bonds. The lowest BCUT2D eigenvalue weighted by atomic mass is 9.94. The Kier molecular flexibility index (Phi) is 3.63. The topological polar surface area (TPSA) is 15.8 Å². The van der Waals surface area contributed by atoms with Gasteiger partial charge in [-0.05, 0) is 49.7 Å². The number of nitrogens with one attached hydrogen (secondary N) is 1. The number of aromatic amines is 1. The van der Waals surface area contributed by atoms with Crippen molar-refractivity contribution in [3.63, 3.8) is 0 Å². The Morgan fingerprint density at radius 2 is 2.21 bits per heavy atom. The van der Waals surface area contributed by atoms with Gasteiger partial charge in [0.15, 0.2) is 0 Å². The van der Waals surface area contributed by atoms with E-state index in [1.807, 2.05) is 0 Å². The Morgan fingerprint density at radius 3 is 3.05 bits per heavy atom. The van der Waals surface area contributed by atoms with E-state index >= 15 is 0 Å². The second-order valence-electron chi connectivity index (χ2n) is 6.18. The summed E-state index contributed by atoms with van der Waals surface area (Å²) in [5.74, 6) is 0.898. The molecule has 1 atom stereocenters. The van der Waals surface area contributed by atoms with Gasteiger partial charge < -0.3 is 4.98 Å². The van der Waals surface area contributed by atoms with Crippen LogP contribution in [0.2, 0.25) is 0 Å². The first-order valence-electron chi connectivity index (χ1n) is 7.88. The van der Waals surface area contributed by atoms with Crippen LogP contribution in [-0.2, 0) is 12.8 Å². The van der Waals surface area contributed by atoms with Crippen LogP contribution in [0.3, 0.4) is 0 Å². The number of rotatable bonds is 3. The van der Waals surface area contributed by atoms with Crippen molar-refractivity contribution >= 4 is 10.9 Å². The van der Waals surface area contributed by atoms with E-state index in [4.69, 9.17) is 0 Å². The van der Waals surface area contributed by atoms with Crippen LogP contribution >= 0.6 is 0 Å². The molecule has 1 nitrogen and oxygen atoms in total. The van der Waals surface area contributed by atoms with Gasteiger partial charge in [0.05, 0.1) is 0 Å². The number of hydrogen-bond donors (Lipinski definition) is 1. The minimum Gasteiger partial charge on any atom is -0.358 e. The van der Waals surface area contributed by atoms with Crippen molar-refractivity contribution in [3.8, 4) is 0 Å². The van der Waals surface area contributed by atoms with Crippen LogP contribution in [0.1, 0.15) is 55.8 Å². The zero-order valence-corrected chi connectivity index (χ0v) is 12.3. The van der Waals surface area contributed by atoms with Gasteiger partial charge >= 0.3 is 0 Å². The molecule has 0 spiro atoms. The van der Waals surface area contributed by atoms with E-state index in [1.54, 1.807) is 5.56 Å². The van der Waals surface area contributed by atoms with Crippen molar-refractivity contribution < 1.29 is 0 Å². The molecular formula is C18H25N. The van der Waals surface area contributed by atoms with Crippen molar-refractivity contribution in [2.75, 3.05) is 0 Å². The molecule has 1 unspecified atom stereocenters. The van der Waals surface area contributed by atoms with Crippen LogP contribution in [0, 0.1) is 12.8 Å². The highest BCUT2D eigenvalue weighted by molar-refractivity contribution is 5.87. The normalized spacial score (nSPS) is 19.4. The van der Waals surface area contributed by atoms with Gasteiger partial charge in [-0.15, -0.1) is 0 Å². The molecule has 19 heavy (non-hydrogen) atoms. The SMILES string of the molecule is CCCCC1CCCc2c([nH]c3c(C)cccc23)C1. The highest BCUT2D eigenvalue weighted by Crippen LogP contribution is 2.33. The Morgan fingerprint density at radius 1 is 1.32 bits per heavy atom. The lowest BCUT2D eigenvalue weighted by Gasteiger charge is -2.13. The minimum atomic E-state index is 0.898. The maximum absolute atomic E-state index is 3.73. The summed E-state index contributed by atoms with van der Waals surface area (Å²) in [4.78, 5) is 3.73. The number of para-hydroxylation sites is 1. The third-order valence-corrected chi connectivity index (χ3v) is 4.74. The maximum Gasteiger partial charge on any atom is 0.0488 e. The molecule has 0 saturated carbocycles. The van der Waals surface area contributed by atoms with Gasteiger partial charge in [-0.25, -0.2) is 0 Å². The molecule has 0 fully saturated rings. The van der Waals surface area contributed by atoms with Crippen LogP contribution in [-0.4, -0.2) is 4.98 Å². The molecular weight excluding hydrogens is 230 g/mol. The third kappa shape index (κ3) is 2.43. The van der Waals surface area contributed by atoms with Crippen LogP contribution in [0.5, 0.6) is 0 Å². The first-order valence-corrected chi connectivity index (χ1v) is 7.88. The van der Waals surface area contributed by atoms with Crippen molar-refractivity contribution in [2.24, 2.45) is 5.92 Å². The largest absolute Gasteiger partial charge is 0.358 e. The molecule has 1 aliphatic carbocycles. The predicted molar refractivity (Wildman–Crippen MR) is 82.7 cm³/mol.